The summed E-state index contributed by atoms with van der Waals surface area (Å²) in [7, 11) is 5.78. The van der Waals surface area contributed by atoms with Crippen LogP contribution < -0.4 is 5.32 Å². The molecule has 0 aliphatic carbocycles. The average Bonchev–Trinajstić information content (AvgIpc) is 2.88. The van der Waals surface area contributed by atoms with Gasteiger partial charge in [0.1, 0.15) is 0 Å². The van der Waals surface area contributed by atoms with E-state index in [4.69, 9.17) is 0 Å². The van der Waals surface area contributed by atoms with Crippen LogP contribution in [0.25, 0.3) is 0 Å². The molecule has 0 aliphatic rings. The smallest absolute Gasteiger partial charge is 0.194 e. The maximum absolute atomic E-state index is 4.33. The number of benzene rings is 1. The van der Waals surface area contributed by atoms with Crippen molar-refractivity contribution < 1.29 is 0 Å². The molecule has 0 radical (unpaired) electrons. The minimum atomic E-state index is 0. The fourth-order valence-corrected chi connectivity index (χ4v) is 2.17. The Kier molecular flexibility index (Phi) is 7.37. The molecule has 2 rings (SSSR count). The molecule has 6 heteroatoms. The average molecular weight is 413 g/mol. The van der Waals surface area contributed by atoms with E-state index >= 15 is 0 Å². The molecule has 1 N–H and O–H groups in total. The van der Waals surface area contributed by atoms with E-state index in [-0.39, 0.29) is 24.0 Å². The standard InChI is InChI=1S/C16H23N5.HI/c1-13-5-7-14(8-6-13)12-20(3)16(17-2)18-11-15-9-10-19-21(15)4;/h5-10H,11-12H2,1-4H3,(H,17,18);1H. The third kappa shape index (κ3) is 5.01. The number of aromatic nitrogens is 2. The Morgan fingerprint density at radius 1 is 1.27 bits per heavy atom. The van der Waals surface area contributed by atoms with E-state index in [1.807, 2.05) is 24.8 Å². The Hall–Kier alpha value is -1.57. The largest absolute Gasteiger partial charge is 0.351 e. The summed E-state index contributed by atoms with van der Waals surface area (Å²) >= 11 is 0. The van der Waals surface area contributed by atoms with Crippen molar-refractivity contribution in [2.24, 2.45) is 12.0 Å². The molecule has 1 aromatic carbocycles. The molecule has 0 saturated heterocycles. The molecule has 1 aromatic heterocycles. The molecule has 2 aromatic rings. The maximum atomic E-state index is 4.33. The first-order valence-corrected chi connectivity index (χ1v) is 7.04. The van der Waals surface area contributed by atoms with Gasteiger partial charge in [0.2, 0.25) is 0 Å². The van der Waals surface area contributed by atoms with Crippen LogP contribution in [0.4, 0.5) is 0 Å². The molecule has 120 valence electrons. The van der Waals surface area contributed by atoms with Crippen molar-refractivity contribution in [1.29, 1.82) is 0 Å². The Labute approximate surface area is 149 Å². The van der Waals surface area contributed by atoms with Crippen LogP contribution in [-0.4, -0.2) is 34.7 Å². The lowest BCUT2D eigenvalue weighted by Crippen LogP contribution is -2.38. The summed E-state index contributed by atoms with van der Waals surface area (Å²) in [5.41, 5.74) is 3.67. The number of hydrogen-bond acceptors (Lipinski definition) is 2. The summed E-state index contributed by atoms with van der Waals surface area (Å²) in [5, 5.41) is 7.52. The van der Waals surface area contributed by atoms with E-state index in [2.05, 4.69) is 51.5 Å². The van der Waals surface area contributed by atoms with Gasteiger partial charge in [-0.05, 0) is 18.6 Å². The molecule has 0 fully saturated rings. The fourth-order valence-electron chi connectivity index (χ4n) is 2.17. The van der Waals surface area contributed by atoms with Crippen molar-refractivity contribution in [1.82, 2.24) is 20.0 Å². The zero-order chi connectivity index (χ0) is 15.2. The quantitative estimate of drug-likeness (QED) is 0.476. The molecule has 0 spiro atoms. The lowest BCUT2D eigenvalue weighted by molar-refractivity contribution is 0.474. The van der Waals surface area contributed by atoms with Crippen LogP contribution in [0.2, 0.25) is 0 Å². The van der Waals surface area contributed by atoms with Gasteiger partial charge in [0.05, 0.1) is 12.2 Å². The molecule has 0 bridgehead atoms. The second-order valence-corrected chi connectivity index (χ2v) is 5.19. The highest BCUT2D eigenvalue weighted by molar-refractivity contribution is 14.0. The normalized spacial score (nSPS) is 11.0. The van der Waals surface area contributed by atoms with Crippen LogP contribution in [0, 0.1) is 6.92 Å². The van der Waals surface area contributed by atoms with E-state index < -0.39 is 0 Å². The fraction of sp³-hybridized carbons (Fsp3) is 0.375. The van der Waals surface area contributed by atoms with E-state index in [9.17, 15) is 0 Å². The predicted molar refractivity (Wildman–Crippen MR) is 101 cm³/mol. The Morgan fingerprint density at radius 2 is 1.95 bits per heavy atom. The van der Waals surface area contributed by atoms with Crippen LogP contribution in [0.1, 0.15) is 16.8 Å². The predicted octanol–water partition coefficient (Wildman–Crippen LogP) is 2.55. The number of hydrogen-bond donors (Lipinski definition) is 1. The molecule has 0 unspecified atom stereocenters. The van der Waals surface area contributed by atoms with Gasteiger partial charge in [-0.3, -0.25) is 9.67 Å². The summed E-state index contributed by atoms with van der Waals surface area (Å²) in [6, 6.07) is 10.6. The molecule has 0 atom stereocenters. The van der Waals surface area contributed by atoms with Gasteiger partial charge in [-0.15, -0.1) is 24.0 Å². The first kappa shape index (κ1) is 18.5. The number of halogens is 1. The van der Waals surface area contributed by atoms with Gasteiger partial charge in [0.25, 0.3) is 0 Å². The minimum absolute atomic E-state index is 0. The maximum Gasteiger partial charge on any atom is 0.194 e. The molecular formula is C16H24IN5. The Bertz CT molecular complexity index is 603. The van der Waals surface area contributed by atoms with Gasteiger partial charge in [-0.25, -0.2) is 0 Å². The second-order valence-electron chi connectivity index (χ2n) is 5.19. The first-order valence-electron chi connectivity index (χ1n) is 7.04. The Balaban J connectivity index is 0.00000242. The number of rotatable bonds is 4. The molecule has 1 heterocycles. The van der Waals surface area contributed by atoms with Crippen LogP contribution >= 0.6 is 24.0 Å². The van der Waals surface area contributed by atoms with Crippen molar-refractivity contribution in [3.05, 3.63) is 53.3 Å². The van der Waals surface area contributed by atoms with Crippen molar-refractivity contribution in [3.8, 4) is 0 Å². The highest BCUT2D eigenvalue weighted by atomic mass is 127. The third-order valence-corrected chi connectivity index (χ3v) is 3.46. The van der Waals surface area contributed by atoms with Crippen LogP contribution in [0.15, 0.2) is 41.5 Å². The second kappa shape index (κ2) is 8.77. The lowest BCUT2D eigenvalue weighted by atomic mass is 10.1. The van der Waals surface area contributed by atoms with Crippen molar-refractivity contribution in [2.45, 2.75) is 20.0 Å². The van der Waals surface area contributed by atoms with Gasteiger partial charge in [-0.2, -0.15) is 5.10 Å². The van der Waals surface area contributed by atoms with Crippen molar-refractivity contribution in [2.75, 3.05) is 14.1 Å². The molecule has 0 saturated carbocycles. The highest BCUT2D eigenvalue weighted by Crippen LogP contribution is 2.06. The summed E-state index contributed by atoms with van der Waals surface area (Å²) in [5.74, 6) is 0.872. The van der Waals surface area contributed by atoms with E-state index in [0.29, 0.717) is 6.54 Å². The first-order chi connectivity index (χ1) is 10.1. The third-order valence-electron chi connectivity index (χ3n) is 3.46. The van der Waals surface area contributed by atoms with Gasteiger partial charge >= 0.3 is 0 Å². The monoisotopic (exact) mass is 413 g/mol. The zero-order valence-corrected chi connectivity index (χ0v) is 15.9. The van der Waals surface area contributed by atoms with Gasteiger partial charge in [0, 0.05) is 33.9 Å². The van der Waals surface area contributed by atoms with Crippen molar-refractivity contribution in [3.63, 3.8) is 0 Å². The zero-order valence-electron chi connectivity index (χ0n) is 13.6. The summed E-state index contributed by atoms with van der Waals surface area (Å²) in [4.78, 5) is 6.44. The number of aryl methyl sites for hydroxylation is 2. The van der Waals surface area contributed by atoms with Crippen LogP contribution in [0.5, 0.6) is 0 Å². The van der Waals surface area contributed by atoms with Crippen LogP contribution in [-0.2, 0) is 20.1 Å². The SMILES string of the molecule is CN=C(NCc1ccnn1C)N(C)Cc1ccc(C)cc1.I. The topological polar surface area (TPSA) is 45.5 Å². The molecule has 22 heavy (non-hydrogen) atoms. The number of nitrogens with one attached hydrogen (secondary N) is 1. The number of guanidine groups is 1. The minimum Gasteiger partial charge on any atom is -0.351 e. The molecule has 0 aliphatic heterocycles. The summed E-state index contributed by atoms with van der Waals surface area (Å²) in [6.45, 7) is 3.63. The van der Waals surface area contributed by atoms with Gasteiger partial charge in [-0.1, -0.05) is 29.8 Å². The van der Waals surface area contributed by atoms with Gasteiger partial charge < -0.3 is 10.2 Å². The molecular weight excluding hydrogens is 389 g/mol. The number of nitrogens with zero attached hydrogens (tertiary/aromatic N) is 4. The lowest BCUT2D eigenvalue weighted by Gasteiger charge is -2.22. The summed E-state index contributed by atoms with van der Waals surface area (Å²) in [6.07, 6.45) is 1.80. The van der Waals surface area contributed by atoms with E-state index in [0.717, 1.165) is 18.2 Å². The molecule has 0 amide bonds. The molecule has 5 nitrogen and oxygen atoms in total. The van der Waals surface area contributed by atoms with Gasteiger partial charge in [0.15, 0.2) is 5.96 Å². The van der Waals surface area contributed by atoms with Crippen molar-refractivity contribution >= 4 is 29.9 Å². The Morgan fingerprint density at radius 3 is 2.50 bits per heavy atom. The van der Waals surface area contributed by atoms with E-state index in [1.54, 1.807) is 13.2 Å². The van der Waals surface area contributed by atoms with E-state index in [1.165, 1.54) is 11.1 Å². The highest BCUT2D eigenvalue weighted by Gasteiger charge is 2.07. The number of aliphatic imine (C=N–C) groups is 1. The summed E-state index contributed by atoms with van der Waals surface area (Å²) < 4.78 is 1.86. The van der Waals surface area contributed by atoms with Crippen LogP contribution in [0.3, 0.4) is 0 Å².